The van der Waals surface area contributed by atoms with Gasteiger partial charge in [-0.25, -0.2) is 0 Å². The van der Waals surface area contributed by atoms with Gasteiger partial charge in [0.25, 0.3) is 11.8 Å². The first kappa shape index (κ1) is 20.5. The number of aryl methyl sites for hydroxylation is 1. The molecule has 2 aromatic rings. The fourth-order valence-electron chi connectivity index (χ4n) is 2.35. The van der Waals surface area contributed by atoms with E-state index in [2.05, 4.69) is 10.6 Å². The molecule has 0 saturated carbocycles. The first-order chi connectivity index (χ1) is 12.9. The molecule has 0 heterocycles. The van der Waals surface area contributed by atoms with Gasteiger partial charge >= 0.3 is 5.97 Å². The number of benzene rings is 2. The van der Waals surface area contributed by atoms with E-state index >= 15 is 0 Å². The number of rotatable bonds is 7. The van der Waals surface area contributed by atoms with Gasteiger partial charge in [-0.2, -0.15) is 0 Å². The third-order valence-electron chi connectivity index (χ3n) is 3.91. The van der Waals surface area contributed by atoms with Gasteiger partial charge in [0.1, 0.15) is 0 Å². The highest BCUT2D eigenvalue weighted by Crippen LogP contribution is 2.22. The molecule has 2 aromatic carbocycles. The van der Waals surface area contributed by atoms with E-state index in [1.807, 2.05) is 19.1 Å². The second-order valence-corrected chi connectivity index (χ2v) is 6.35. The van der Waals surface area contributed by atoms with Crippen molar-refractivity contribution in [1.82, 2.24) is 5.32 Å². The fraction of sp³-hybridized carbons (Fsp3) is 0.250. The lowest BCUT2D eigenvalue weighted by atomic mass is 10.1. The summed E-state index contributed by atoms with van der Waals surface area (Å²) in [4.78, 5) is 35.7. The number of nitrogens with one attached hydrogen (secondary N) is 2. The number of carbonyl (C=O) groups is 3. The van der Waals surface area contributed by atoms with Crippen LogP contribution in [0.25, 0.3) is 0 Å². The van der Waals surface area contributed by atoms with Gasteiger partial charge in [0.05, 0.1) is 6.42 Å². The first-order valence-electron chi connectivity index (χ1n) is 8.43. The average molecular weight is 389 g/mol. The number of amides is 2. The van der Waals surface area contributed by atoms with Gasteiger partial charge < -0.3 is 15.4 Å². The van der Waals surface area contributed by atoms with Gasteiger partial charge in [-0.05, 0) is 43.2 Å². The molecule has 6 nitrogen and oxygen atoms in total. The van der Waals surface area contributed by atoms with Crippen LogP contribution in [-0.2, 0) is 14.3 Å². The molecule has 27 heavy (non-hydrogen) atoms. The van der Waals surface area contributed by atoms with Gasteiger partial charge in [-0.1, -0.05) is 35.9 Å². The Kier molecular flexibility index (Phi) is 7.37. The molecular weight excluding hydrogens is 368 g/mol. The van der Waals surface area contributed by atoms with Gasteiger partial charge in [0.2, 0.25) is 0 Å². The van der Waals surface area contributed by atoms with Gasteiger partial charge in [0, 0.05) is 22.8 Å². The van der Waals surface area contributed by atoms with Crippen LogP contribution in [0.1, 0.15) is 27.9 Å². The molecule has 0 spiro atoms. The van der Waals surface area contributed by atoms with Crippen LogP contribution < -0.4 is 10.6 Å². The minimum absolute atomic E-state index is 0.0267. The molecule has 7 heteroatoms. The van der Waals surface area contributed by atoms with Crippen molar-refractivity contribution >= 4 is 35.1 Å². The lowest BCUT2D eigenvalue weighted by molar-refractivity contribution is -0.147. The Bertz CT molecular complexity index is 852. The van der Waals surface area contributed by atoms with E-state index in [4.69, 9.17) is 16.3 Å². The molecule has 0 unspecified atom stereocenters. The summed E-state index contributed by atoms with van der Waals surface area (Å²) < 4.78 is 4.92. The third kappa shape index (κ3) is 6.11. The van der Waals surface area contributed by atoms with Crippen LogP contribution in [0.3, 0.4) is 0 Å². The van der Waals surface area contributed by atoms with Crippen LogP contribution >= 0.6 is 11.6 Å². The zero-order valence-corrected chi connectivity index (χ0v) is 15.9. The normalized spacial score (nSPS) is 10.2. The topological polar surface area (TPSA) is 84.5 Å². The summed E-state index contributed by atoms with van der Waals surface area (Å²) in [5.74, 6) is -1.29. The zero-order chi connectivity index (χ0) is 19.8. The summed E-state index contributed by atoms with van der Waals surface area (Å²) in [5.41, 5.74) is 2.71. The van der Waals surface area contributed by atoms with Crippen LogP contribution in [0.15, 0.2) is 42.5 Å². The highest BCUT2D eigenvalue weighted by Gasteiger charge is 2.12. The third-order valence-corrected chi connectivity index (χ3v) is 4.32. The molecule has 0 bridgehead atoms. The van der Waals surface area contributed by atoms with Crippen molar-refractivity contribution in [3.63, 3.8) is 0 Å². The summed E-state index contributed by atoms with van der Waals surface area (Å²) >= 11 is 5.99. The van der Waals surface area contributed by atoms with Gasteiger partial charge in [-0.3, -0.25) is 14.4 Å². The average Bonchev–Trinajstić information content (AvgIpc) is 2.64. The Morgan fingerprint density at radius 3 is 2.52 bits per heavy atom. The number of hydrogen-bond acceptors (Lipinski definition) is 4. The van der Waals surface area contributed by atoms with Crippen molar-refractivity contribution < 1.29 is 19.1 Å². The zero-order valence-electron chi connectivity index (χ0n) is 15.2. The summed E-state index contributed by atoms with van der Waals surface area (Å²) in [7, 11) is 0. The quantitative estimate of drug-likeness (QED) is 0.713. The predicted octanol–water partition coefficient (Wildman–Crippen LogP) is 3.26. The number of halogens is 1. The number of anilines is 1. The van der Waals surface area contributed by atoms with Crippen molar-refractivity contribution in [3.05, 3.63) is 64.2 Å². The Labute approximate surface area is 162 Å². The van der Waals surface area contributed by atoms with Crippen molar-refractivity contribution in [2.24, 2.45) is 0 Å². The van der Waals surface area contributed by atoms with Crippen LogP contribution in [0.5, 0.6) is 0 Å². The van der Waals surface area contributed by atoms with Gasteiger partial charge in [-0.15, -0.1) is 0 Å². The van der Waals surface area contributed by atoms with E-state index < -0.39 is 18.5 Å². The lowest BCUT2D eigenvalue weighted by Crippen LogP contribution is -2.28. The first-order valence-corrected chi connectivity index (χ1v) is 8.80. The Morgan fingerprint density at radius 1 is 1.04 bits per heavy atom. The lowest BCUT2D eigenvalue weighted by Gasteiger charge is -2.10. The maximum absolute atomic E-state index is 12.0. The summed E-state index contributed by atoms with van der Waals surface area (Å²) in [6.45, 7) is 3.34. The van der Waals surface area contributed by atoms with E-state index in [-0.39, 0.29) is 18.9 Å². The summed E-state index contributed by atoms with van der Waals surface area (Å²) in [5, 5.41) is 5.83. The van der Waals surface area contributed by atoms with Gasteiger partial charge in [0.15, 0.2) is 6.61 Å². The fourth-order valence-corrected chi connectivity index (χ4v) is 2.52. The number of carbonyl (C=O) groups excluding carboxylic acids is 3. The minimum Gasteiger partial charge on any atom is -0.456 e. The molecular formula is C20H21ClN2O4. The number of hydrogen-bond donors (Lipinski definition) is 2. The van der Waals surface area contributed by atoms with Crippen LogP contribution in [0.2, 0.25) is 5.02 Å². The van der Waals surface area contributed by atoms with Crippen molar-refractivity contribution in [3.8, 4) is 0 Å². The van der Waals surface area contributed by atoms with Crippen molar-refractivity contribution in [2.45, 2.75) is 20.3 Å². The Balaban J connectivity index is 1.71. The molecule has 0 aliphatic carbocycles. The number of ether oxygens (including phenoxy) is 1. The van der Waals surface area contributed by atoms with Crippen LogP contribution in [0.4, 0.5) is 5.69 Å². The van der Waals surface area contributed by atoms with E-state index in [9.17, 15) is 14.4 Å². The number of esters is 1. The molecule has 0 fully saturated rings. The van der Waals surface area contributed by atoms with Crippen LogP contribution in [0, 0.1) is 13.8 Å². The molecule has 0 saturated heterocycles. The Hall–Kier alpha value is -2.86. The summed E-state index contributed by atoms with van der Waals surface area (Å²) in [6, 6.07) is 12.3. The smallest absolute Gasteiger partial charge is 0.308 e. The second kappa shape index (κ2) is 9.73. The molecule has 0 aliphatic rings. The Morgan fingerprint density at radius 2 is 1.78 bits per heavy atom. The SMILES string of the molecule is Cc1ccccc1C(=O)NCCC(=O)OCC(=O)Nc1cccc(Cl)c1C. The van der Waals surface area contributed by atoms with Crippen molar-refractivity contribution in [1.29, 1.82) is 0 Å². The monoisotopic (exact) mass is 388 g/mol. The predicted molar refractivity (Wildman–Crippen MR) is 104 cm³/mol. The largest absolute Gasteiger partial charge is 0.456 e. The van der Waals surface area contributed by atoms with E-state index in [0.717, 1.165) is 11.1 Å². The highest BCUT2D eigenvalue weighted by atomic mass is 35.5. The maximum atomic E-state index is 12.0. The summed E-state index contributed by atoms with van der Waals surface area (Å²) in [6.07, 6.45) is -0.0267. The molecule has 2 rings (SSSR count). The molecule has 0 radical (unpaired) electrons. The highest BCUT2D eigenvalue weighted by molar-refractivity contribution is 6.31. The molecule has 2 amide bonds. The molecule has 0 atom stereocenters. The molecule has 0 aliphatic heterocycles. The van der Waals surface area contributed by atoms with Crippen molar-refractivity contribution in [2.75, 3.05) is 18.5 Å². The molecule has 142 valence electrons. The molecule has 2 N–H and O–H groups in total. The molecule has 0 aromatic heterocycles. The van der Waals surface area contributed by atoms with E-state index in [0.29, 0.717) is 16.3 Å². The van der Waals surface area contributed by atoms with E-state index in [1.165, 1.54) is 0 Å². The second-order valence-electron chi connectivity index (χ2n) is 5.94. The maximum Gasteiger partial charge on any atom is 0.308 e. The standard InChI is InChI=1S/C20H21ClN2O4/c1-13-6-3-4-7-15(13)20(26)22-11-10-19(25)27-12-18(24)23-17-9-5-8-16(21)14(17)2/h3-9H,10-12H2,1-2H3,(H,22,26)(H,23,24). The minimum atomic E-state index is -0.571. The van der Waals surface area contributed by atoms with Crippen LogP contribution in [-0.4, -0.2) is 30.9 Å². The van der Waals surface area contributed by atoms with E-state index in [1.54, 1.807) is 37.3 Å².